The molecule has 0 unspecified atom stereocenters. The highest BCUT2D eigenvalue weighted by Crippen LogP contribution is 2.28. The molecule has 174 valence electrons. The average molecular weight is 446 g/mol. The summed E-state index contributed by atoms with van der Waals surface area (Å²) in [5, 5.41) is 3.27. The first-order chi connectivity index (χ1) is 16.2. The van der Waals surface area contributed by atoms with Crippen LogP contribution in [0.25, 0.3) is 5.57 Å². The fraction of sp³-hybridized carbons (Fsp3) is 0.464. The molecule has 0 bridgehead atoms. The van der Waals surface area contributed by atoms with Gasteiger partial charge in [-0.1, -0.05) is 61.7 Å². The summed E-state index contributed by atoms with van der Waals surface area (Å²) in [6, 6.07) is 14.0. The van der Waals surface area contributed by atoms with Crippen molar-refractivity contribution in [1.82, 2.24) is 15.2 Å². The molecule has 1 aliphatic heterocycles. The molecule has 0 spiro atoms. The maximum Gasteiger partial charge on any atom is 0.251 e. The van der Waals surface area contributed by atoms with Crippen LogP contribution in [0.15, 0.2) is 60.9 Å². The Kier molecular flexibility index (Phi) is 8.29. The zero-order valence-electron chi connectivity index (χ0n) is 19.4. The lowest BCUT2D eigenvalue weighted by Crippen LogP contribution is -2.46. The van der Waals surface area contributed by atoms with Crippen molar-refractivity contribution in [2.75, 3.05) is 13.1 Å². The van der Waals surface area contributed by atoms with Crippen molar-refractivity contribution in [2.24, 2.45) is 5.92 Å². The van der Waals surface area contributed by atoms with Crippen LogP contribution in [-0.2, 0) is 16.0 Å². The van der Waals surface area contributed by atoms with E-state index in [1.165, 1.54) is 32.1 Å². The minimum Gasteiger partial charge on any atom is -0.349 e. The molecule has 1 aromatic carbocycles. The summed E-state index contributed by atoms with van der Waals surface area (Å²) in [6.45, 7) is 1.40. The van der Waals surface area contributed by atoms with Crippen molar-refractivity contribution in [2.45, 2.75) is 63.8 Å². The molecular weight excluding hydrogens is 410 g/mol. The van der Waals surface area contributed by atoms with E-state index in [4.69, 9.17) is 0 Å². The van der Waals surface area contributed by atoms with Crippen LogP contribution in [0.5, 0.6) is 0 Å². The van der Waals surface area contributed by atoms with Crippen molar-refractivity contribution in [3.8, 4) is 0 Å². The van der Waals surface area contributed by atoms with Gasteiger partial charge in [0.15, 0.2) is 0 Å². The maximum absolute atomic E-state index is 13.3. The number of hydrogen-bond donors (Lipinski definition) is 1. The normalized spacial score (nSPS) is 18.2. The van der Waals surface area contributed by atoms with E-state index in [0.29, 0.717) is 25.4 Å². The van der Waals surface area contributed by atoms with Crippen LogP contribution < -0.4 is 5.32 Å². The number of rotatable bonds is 7. The maximum atomic E-state index is 13.3. The highest BCUT2D eigenvalue weighted by molar-refractivity contribution is 6.19. The fourth-order valence-electron chi connectivity index (χ4n) is 4.95. The zero-order valence-corrected chi connectivity index (χ0v) is 19.4. The van der Waals surface area contributed by atoms with E-state index in [-0.39, 0.29) is 17.9 Å². The van der Waals surface area contributed by atoms with Crippen LogP contribution in [-0.4, -0.2) is 40.8 Å². The molecule has 0 radical (unpaired) electrons. The molecule has 1 aliphatic carbocycles. The highest BCUT2D eigenvalue weighted by atomic mass is 16.2. The van der Waals surface area contributed by atoms with Crippen LogP contribution in [0.4, 0.5) is 0 Å². The molecule has 33 heavy (non-hydrogen) atoms. The van der Waals surface area contributed by atoms with Crippen molar-refractivity contribution >= 4 is 17.4 Å². The highest BCUT2D eigenvalue weighted by Gasteiger charge is 2.25. The summed E-state index contributed by atoms with van der Waals surface area (Å²) >= 11 is 0. The third kappa shape index (κ3) is 6.77. The molecule has 4 rings (SSSR count). The summed E-state index contributed by atoms with van der Waals surface area (Å²) < 4.78 is 0. The summed E-state index contributed by atoms with van der Waals surface area (Å²) in [4.78, 5) is 32.0. The molecule has 2 amide bonds. The van der Waals surface area contributed by atoms with E-state index < -0.39 is 0 Å². The Morgan fingerprint density at radius 3 is 2.42 bits per heavy atom. The molecule has 2 heterocycles. The lowest BCUT2D eigenvalue weighted by molar-refractivity contribution is -0.132. The third-order valence-electron chi connectivity index (χ3n) is 6.91. The van der Waals surface area contributed by atoms with Crippen LogP contribution in [0.2, 0.25) is 0 Å². The van der Waals surface area contributed by atoms with Gasteiger partial charge in [0, 0.05) is 43.5 Å². The second-order valence-corrected chi connectivity index (χ2v) is 9.33. The number of nitrogens with one attached hydrogen (secondary N) is 1. The van der Waals surface area contributed by atoms with Gasteiger partial charge in [-0.05, 0) is 55.2 Å². The topological polar surface area (TPSA) is 62.3 Å². The number of nitrogens with zero attached hydrogens (tertiary/aromatic N) is 2. The SMILES string of the molecule is O=C(NC1CCN(C(=O)CCc2cccnc2)CC1)/C(=C/C1CCCCC1)c1ccccc1. The summed E-state index contributed by atoms with van der Waals surface area (Å²) in [5.74, 6) is 0.693. The van der Waals surface area contributed by atoms with E-state index in [1.54, 1.807) is 6.20 Å². The molecular formula is C28H35N3O2. The summed E-state index contributed by atoms with van der Waals surface area (Å²) in [5.41, 5.74) is 2.88. The number of hydrogen-bond acceptors (Lipinski definition) is 3. The van der Waals surface area contributed by atoms with Crippen molar-refractivity contribution in [3.05, 3.63) is 72.1 Å². The van der Waals surface area contributed by atoms with Crippen molar-refractivity contribution < 1.29 is 9.59 Å². The molecule has 2 fully saturated rings. The molecule has 1 saturated carbocycles. The molecule has 0 atom stereocenters. The van der Waals surface area contributed by atoms with Gasteiger partial charge in [-0.3, -0.25) is 14.6 Å². The minimum absolute atomic E-state index is 0.0214. The van der Waals surface area contributed by atoms with Gasteiger partial charge < -0.3 is 10.2 Å². The van der Waals surface area contributed by atoms with Gasteiger partial charge in [-0.2, -0.15) is 0 Å². The van der Waals surface area contributed by atoms with Crippen molar-refractivity contribution in [1.29, 1.82) is 0 Å². The second-order valence-electron chi connectivity index (χ2n) is 9.33. The van der Waals surface area contributed by atoms with Crippen LogP contribution in [0.1, 0.15) is 62.5 Å². The predicted molar refractivity (Wildman–Crippen MR) is 131 cm³/mol. The largest absolute Gasteiger partial charge is 0.349 e. The molecule has 2 aromatic rings. The Hall–Kier alpha value is -2.95. The number of piperidine rings is 1. The summed E-state index contributed by atoms with van der Waals surface area (Å²) in [7, 11) is 0. The lowest BCUT2D eigenvalue weighted by Gasteiger charge is -2.33. The number of pyridine rings is 1. The standard InChI is InChI=1S/C28H35N3O2/c32-27(14-13-23-10-7-17-29-21-23)31-18-15-25(16-19-31)30-28(33)26(24-11-5-2-6-12-24)20-22-8-3-1-4-9-22/h2,5-7,10-12,17,20-22,25H,1,3-4,8-9,13-16,18-19H2,(H,30,33)/b26-20+. The lowest BCUT2D eigenvalue weighted by atomic mass is 9.86. The van der Waals surface area contributed by atoms with Gasteiger partial charge in [0.2, 0.25) is 5.91 Å². The van der Waals surface area contributed by atoms with Crippen LogP contribution >= 0.6 is 0 Å². The Labute approximate surface area is 197 Å². The predicted octanol–water partition coefficient (Wildman–Crippen LogP) is 4.79. The Morgan fingerprint density at radius 2 is 1.73 bits per heavy atom. The second kappa shape index (κ2) is 11.8. The molecule has 5 heteroatoms. The van der Waals surface area contributed by atoms with E-state index >= 15 is 0 Å². The smallest absolute Gasteiger partial charge is 0.251 e. The van der Waals surface area contributed by atoms with Gasteiger partial charge >= 0.3 is 0 Å². The number of carbonyl (C=O) groups excluding carboxylic acids is 2. The van der Waals surface area contributed by atoms with Gasteiger partial charge in [0.1, 0.15) is 0 Å². The number of likely N-dealkylation sites (tertiary alicyclic amines) is 1. The zero-order chi connectivity index (χ0) is 22.9. The first-order valence-corrected chi connectivity index (χ1v) is 12.4. The van der Waals surface area contributed by atoms with E-state index in [1.807, 2.05) is 53.6 Å². The number of aryl methyl sites for hydroxylation is 1. The average Bonchev–Trinajstić information content (AvgIpc) is 2.88. The monoisotopic (exact) mass is 445 g/mol. The van der Waals surface area contributed by atoms with Gasteiger partial charge in [0.05, 0.1) is 0 Å². The summed E-state index contributed by atoms with van der Waals surface area (Å²) in [6.07, 6.45) is 14.7. The first-order valence-electron chi connectivity index (χ1n) is 12.4. The molecule has 5 nitrogen and oxygen atoms in total. The van der Waals surface area contributed by atoms with Crippen LogP contribution in [0.3, 0.4) is 0 Å². The molecule has 2 aliphatic rings. The van der Waals surface area contributed by atoms with E-state index in [2.05, 4.69) is 16.4 Å². The third-order valence-corrected chi connectivity index (χ3v) is 6.91. The Bertz CT molecular complexity index is 928. The Balaban J connectivity index is 1.31. The Morgan fingerprint density at radius 1 is 0.970 bits per heavy atom. The quantitative estimate of drug-likeness (QED) is 0.624. The number of aromatic nitrogens is 1. The fourth-order valence-corrected chi connectivity index (χ4v) is 4.95. The van der Waals surface area contributed by atoms with E-state index in [9.17, 15) is 9.59 Å². The molecule has 1 aromatic heterocycles. The molecule has 1 N–H and O–H groups in total. The number of carbonyl (C=O) groups is 2. The van der Waals surface area contributed by atoms with Crippen LogP contribution in [0, 0.1) is 5.92 Å². The van der Waals surface area contributed by atoms with E-state index in [0.717, 1.165) is 36.0 Å². The van der Waals surface area contributed by atoms with Gasteiger partial charge in [-0.15, -0.1) is 0 Å². The van der Waals surface area contributed by atoms with Gasteiger partial charge in [-0.25, -0.2) is 0 Å². The number of allylic oxidation sites excluding steroid dienone is 1. The first kappa shape index (κ1) is 23.2. The molecule has 1 saturated heterocycles. The number of amides is 2. The van der Waals surface area contributed by atoms with Gasteiger partial charge in [0.25, 0.3) is 5.91 Å². The minimum atomic E-state index is 0.0214. The number of benzene rings is 1. The van der Waals surface area contributed by atoms with Crippen molar-refractivity contribution in [3.63, 3.8) is 0 Å².